The van der Waals surface area contributed by atoms with Crippen molar-refractivity contribution in [3.05, 3.63) is 88.3 Å². The summed E-state index contributed by atoms with van der Waals surface area (Å²) in [6.07, 6.45) is 2.15. The number of allylic oxidation sites excluding steroid dienone is 1. The lowest BCUT2D eigenvalue weighted by Gasteiger charge is -2.32. The van der Waals surface area contributed by atoms with Crippen molar-refractivity contribution in [2.75, 3.05) is 7.11 Å². The topological polar surface area (TPSA) is 145 Å². The first kappa shape index (κ1) is 31.2. The van der Waals surface area contributed by atoms with Crippen LogP contribution in [0.1, 0.15) is 44.2 Å². The third kappa shape index (κ3) is 7.18. The summed E-state index contributed by atoms with van der Waals surface area (Å²) in [4.78, 5) is 53.8. The second-order valence-corrected chi connectivity index (χ2v) is 10.4. The van der Waals surface area contributed by atoms with E-state index >= 15 is 0 Å². The number of hydrazone groups is 1. The number of carbonyl (C=O) groups is 4. The van der Waals surface area contributed by atoms with Gasteiger partial charge in [-0.15, -0.1) is 0 Å². The summed E-state index contributed by atoms with van der Waals surface area (Å²) >= 11 is 6.51. The molecular formula is C31H31ClN4O7. The number of halogens is 1. The minimum Gasteiger partial charge on any atom is -0.468 e. The Hall–Kier alpha value is -4.77. The number of carbonyl (C=O) groups excluding carboxylic acids is 4. The fourth-order valence-corrected chi connectivity index (χ4v) is 5.32. The highest BCUT2D eigenvalue weighted by Gasteiger charge is 2.43. The zero-order valence-corrected chi connectivity index (χ0v) is 24.8. The van der Waals surface area contributed by atoms with E-state index in [4.69, 9.17) is 25.8 Å². The maximum Gasteiger partial charge on any atom is 0.338 e. The molecule has 2 heterocycles. The number of methoxy groups -OCH3 is 1. The fraction of sp³-hybridized carbons (Fsp3) is 0.290. The van der Waals surface area contributed by atoms with Gasteiger partial charge in [-0.2, -0.15) is 5.10 Å². The van der Waals surface area contributed by atoms with Crippen LogP contribution in [0.4, 0.5) is 0 Å². The van der Waals surface area contributed by atoms with Crippen LogP contribution in [0, 0.1) is 11.8 Å². The largest absolute Gasteiger partial charge is 0.468 e. The van der Waals surface area contributed by atoms with E-state index < -0.39 is 30.0 Å². The zero-order chi connectivity index (χ0) is 31.1. The Bertz CT molecular complexity index is 1530. The Morgan fingerprint density at radius 3 is 2.51 bits per heavy atom. The first-order valence-corrected chi connectivity index (χ1v) is 13.8. The van der Waals surface area contributed by atoms with Gasteiger partial charge in [0.25, 0.3) is 0 Å². The van der Waals surface area contributed by atoms with Crippen LogP contribution in [0.2, 0.25) is 5.02 Å². The summed E-state index contributed by atoms with van der Waals surface area (Å²) in [7, 11) is 1.26. The molecule has 2 aliphatic heterocycles. The number of benzene rings is 2. The van der Waals surface area contributed by atoms with Gasteiger partial charge in [0.15, 0.2) is 6.23 Å². The van der Waals surface area contributed by atoms with Gasteiger partial charge >= 0.3 is 11.9 Å². The summed E-state index contributed by atoms with van der Waals surface area (Å²) in [6.45, 7) is 5.24. The van der Waals surface area contributed by atoms with Crippen LogP contribution in [-0.2, 0) is 28.7 Å². The quantitative estimate of drug-likeness (QED) is 0.180. The standard InChI is InChI=1S/C31H31ClN4O7/c1-17-15-24(38)35-36-29(17)20-9-11-21(12-10-20)42-14-13-25(33-16-37)43-31(40)27-19(3)34-18(2)26(30(39)41-4)28(27)22-7-5-6-8-23(22)32/h5-14,16-17,25-26,28H,15H2,1-4H3,(H,33,37)(H,35,38). The van der Waals surface area contributed by atoms with E-state index in [0.717, 1.165) is 11.3 Å². The predicted octanol–water partition coefficient (Wildman–Crippen LogP) is 4.03. The first-order chi connectivity index (χ1) is 20.6. The van der Waals surface area contributed by atoms with Crippen molar-refractivity contribution in [3.8, 4) is 5.75 Å². The van der Waals surface area contributed by atoms with Gasteiger partial charge in [0, 0.05) is 40.8 Å². The second kappa shape index (κ2) is 13.9. The molecule has 2 amide bonds. The Morgan fingerprint density at radius 1 is 1.14 bits per heavy atom. The lowest BCUT2D eigenvalue weighted by molar-refractivity contribution is -0.145. The number of hydrogen-bond acceptors (Lipinski definition) is 9. The van der Waals surface area contributed by atoms with Crippen LogP contribution < -0.4 is 15.5 Å². The third-order valence-corrected chi connectivity index (χ3v) is 7.42. The minimum absolute atomic E-state index is 0.0248. The third-order valence-electron chi connectivity index (χ3n) is 7.08. The number of nitrogens with zero attached hydrogens (tertiary/aromatic N) is 2. The van der Waals surface area contributed by atoms with E-state index in [2.05, 4.69) is 20.8 Å². The molecule has 0 saturated heterocycles. The number of rotatable bonds is 10. The number of hydrogen-bond donors (Lipinski definition) is 2. The lowest BCUT2D eigenvalue weighted by Crippen LogP contribution is -2.38. The van der Waals surface area contributed by atoms with Crippen LogP contribution >= 0.6 is 11.6 Å². The highest BCUT2D eigenvalue weighted by atomic mass is 35.5. The monoisotopic (exact) mass is 606 g/mol. The van der Waals surface area contributed by atoms with Gasteiger partial charge in [-0.3, -0.25) is 19.4 Å². The van der Waals surface area contributed by atoms with Gasteiger partial charge < -0.3 is 19.5 Å². The maximum absolute atomic E-state index is 13.6. The van der Waals surface area contributed by atoms with Crippen LogP contribution in [0.15, 0.2) is 82.2 Å². The van der Waals surface area contributed by atoms with Crippen molar-refractivity contribution in [2.45, 2.75) is 39.3 Å². The van der Waals surface area contributed by atoms with Crippen LogP contribution in [-0.4, -0.2) is 49.0 Å². The second-order valence-electron chi connectivity index (χ2n) is 9.97. The molecule has 2 N–H and O–H groups in total. The molecule has 12 heteroatoms. The summed E-state index contributed by atoms with van der Waals surface area (Å²) in [5.74, 6) is -2.83. The highest BCUT2D eigenvalue weighted by molar-refractivity contribution is 6.31. The zero-order valence-electron chi connectivity index (χ0n) is 24.0. The van der Waals surface area contributed by atoms with E-state index in [1.165, 1.54) is 19.4 Å². The molecule has 4 atom stereocenters. The maximum atomic E-state index is 13.6. The molecule has 224 valence electrons. The fourth-order valence-electron chi connectivity index (χ4n) is 5.07. The molecular weight excluding hydrogens is 576 g/mol. The summed E-state index contributed by atoms with van der Waals surface area (Å²) in [5.41, 5.74) is 5.53. The van der Waals surface area contributed by atoms with Gasteiger partial charge in [-0.1, -0.05) is 36.7 Å². The average molecular weight is 607 g/mol. The Balaban J connectivity index is 1.53. The van der Waals surface area contributed by atoms with Crippen LogP contribution in [0.3, 0.4) is 0 Å². The molecule has 4 unspecified atom stereocenters. The van der Waals surface area contributed by atoms with Crippen molar-refractivity contribution in [1.82, 2.24) is 10.7 Å². The number of ether oxygens (including phenoxy) is 3. The van der Waals surface area contributed by atoms with Crippen molar-refractivity contribution in [2.24, 2.45) is 21.9 Å². The van der Waals surface area contributed by atoms with E-state index in [9.17, 15) is 19.2 Å². The van der Waals surface area contributed by atoms with Crippen molar-refractivity contribution >= 4 is 47.3 Å². The van der Waals surface area contributed by atoms with Gasteiger partial charge in [0.1, 0.15) is 11.7 Å². The number of aliphatic imine (C=N–C) groups is 1. The van der Waals surface area contributed by atoms with E-state index in [0.29, 0.717) is 40.6 Å². The Morgan fingerprint density at radius 2 is 1.86 bits per heavy atom. The molecule has 11 nitrogen and oxygen atoms in total. The van der Waals surface area contributed by atoms with E-state index in [1.54, 1.807) is 50.2 Å². The van der Waals surface area contributed by atoms with Gasteiger partial charge in [-0.25, -0.2) is 10.2 Å². The molecule has 0 bridgehead atoms. The smallest absolute Gasteiger partial charge is 0.338 e. The molecule has 2 aromatic rings. The van der Waals surface area contributed by atoms with E-state index in [1.807, 2.05) is 19.1 Å². The van der Waals surface area contributed by atoms with Gasteiger partial charge in [0.05, 0.1) is 24.7 Å². The number of esters is 2. The Labute approximate surface area is 253 Å². The van der Waals surface area contributed by atoms with Gasteiger partial charge in [0.2, 0.25) is 12.3 Å². The average Bonchev–Trinajstić information content (AvgIpc) is 2.97. The summed E-state index contributed by atoms with van der Waals surface area (Å²) in [6, 6.07) is 13.9. The van der Waals surface area contributed by atoms with Crippen molar-refractivity contribution in [3.63, 3.8) is 0 Å². The molecule has 43 heavy (non-hydrogen) atoms. The van der Waals surface area contributed by atoms with Gasteiger partial charge in [-0.05, 0) is 55.3 Å². The summed E-state index contributed by atoms with van der Waals surface area (Å²) in [5, 5.41) is 6.92. The van der Waals surface area contributed by atoms with Crippen molar-refractivity contribution < 1.29 is 33.4 Å². The predicted molar refractivity (Wildman–Crippen MR) is 159 cm³/mol. The van der Waals surface area contributed by atoms with Crippen molar-refractivity contribution in [1.29, 1.82) is 0 Å². The lowest BCUT2D eigenvalue weighted by atomic mass is 9.75. The summed E-state index contributed by atoms with van der Waals surface area (Å²) < 4.78 is 16.3. The Kier molecular flexibility index (Phi) is 10.1. The molecule has 2 aliphatic rings. The van der Waals surface area contributed by atoms with Crippen LogP contribution in [0.5, 0.6) is 5.75 Å². The minimum atomic E-state index is -1.21. The molecule has 0 radical (unpaired) electrons. The molecule has 0 fully saturated rings. The SMILES string of the molecule is COC(=O)C1C(C)=NC(C)=C(C(=O)OC(C=COc2ccc(C3=NNC(=O)CC3C)cc2)NC=O)C1c1ccccc1Cl. The number of nitrogens with one attached hydrogen (secondary N) is 2. The normalized spacial score (nSPS) is 20.9. The number of amides is 2. The van der Waals surface area contributed by atoms with Crippen LogP contribution in [0.25, 0.3) is 0 Å². The molecule has 0 aliphatic carbocycles. The molecule has 4 rings (SSSR count). The molecule has 0 aromatic heterocycles. The molecule has 0 spiro atoms. The highest BCUT2D eigenvalue weighted by Crippen LogP contribution is 2.42. The molecule has 0 saturated carbocycles. The van der Waals surface area contributed by atoms with E-state index in [-0.39, 0.29) is 17.4 Å². The first-order valence-electron chi connectivity index (χ1n) is 13.4. The molecule has 2 aromatic carbocycles.